The fraction of sp³-hybridized carbons (Fsp3) is 0.647. The van der Waals surface area contributed by atoms with E-state index in [1.165, 1.54) is 37.9 Å². The molecular weight excluding hydrogens is 248 g/mol. The van der Waals surface area contributed by atoms with Crippen molar-refractivity contribution in [3.63, 3.8) is 0 Å². The van der Waals surface area contributed by atoms with E-state index in [0.29, 0.717) is 6.04 Å². The lowest BCUT2D eigenvalue weighted by Crippen LogP contribution is -2.33. The summed E-state index contributed by atoms with van der Waals surface area (Å²) in [4.78, 5) is 2.51. The Morgan fingerprint density at radius 2 is 2.00 bits per heavy atom. The highest BCUT2D eigenvalue weighted by Crippen LogP contribution is 2.14. The normalized spacial score (nSPS) is 16.6. The van der Waals surface area contributed by atoms with E-state index >= 15 is 0 Å². The van der Waals surface area contributed by atoms with Gasteiger partial charge >= 0.3 is 0 Å². The summed E-state index contributed by atoms with van der Waals surface area (Å²) in [7, 11) is 0. The fourth-order valence-corrected chi connectivity index (χ4v) is 2.54. The predicted molar refractivity (Wildman–Crippen MR) is 84.2 cm³/mol. The first-order chi connectivity index (χ1) is 9.74. The van der Waals surface area contributed by atoms with Crippen molar-refractivity contribution in [3.05, 3.63) is 29.8 Å². The van der Waals surface area contributed by atoms with E-state index in [4.69, 9.17) is 4.74 Å². The SMILES string of the molecule is CC(C)NCc1cccc(OCCN2CCCCC2)c1. The first-order valence-corrected chi connectivity index (χ1v) is 7.91. The molecule has 0 aromatic heterocycles. The summed E-state index contributed by atoms with van der Waals surface area (Å²) < 4.78 is 5.89. The summed E-state index contributed by atoms with van der Waals surface area (Å²) in [5, 5.41) is 3.43. The van der Waals surface area contributed by atoms with Gasteiger partial charge in [-0.15, -0.1) is 0 Å². The zero-order valence-corrected chi connectivity index (χ0v) is 12.9. The van der Waals surface area contributed by atoms with Crippen molar-refractivity contribution in [2.75, 3.05) is 26.2 Å². The lowest BCUT2D eigenvalue weighted by molar-refractivity contribution is 0.183. The van der Waals surface area contributed by atoms with E-state index < -0.39 is 0 Å². The van der Waals surface area contributed by atoms with Crippen LogP contribution >= 0.6 is 0 Å². The topological polar surface area (TPSA) is 24.5 Å². The number of benzene rings is 1. The van der Waals surface area contributed by atoms with Gasteiger partial charge in [-0.1, -0.05) is 32.4 Å². The summed E-state index contributed by atoms with van der Waals surface area (Å²) in [6, 6.07) is 8.93. The summed E-state index contributed by atoms with van der Waals surface area (Å²) in [5.74, 6) is 0.991. The molecule has 0 radical (unpaired) electrons. The van der Waals surface area contributed by atoms with Crippen LogP contribution in [0.1, 0.15) is 38.7 Å². The van der Waals surface area contributed by atoms with E-state index in [2.05, 4.69) is 48.3 Å². The Balaban J connectivity index is 1.73. The Hall–Kier alpha value is -1.06. The number of likely N-dealkylation sites (tertiary alicyclic amines) is 1. The molecule has 0 unspecified atom stereocenters. The standard InChI is InChI=1S/C17H28N2O/c1-15(2)18-14-16-7-6-8-17(13-16)20-12-11-19-9-4-3-5-10-19/h6-8,13,15,18H,3-5,9-12,14H2,1-2H3. The zero-order valence-electron chi connectivity index (χ0n) is 12.9. The molecule has 2 rings (SSSR count). The second-order valence-electron chi connectivity index (χ2n) is 5.93. The average molecular weight is 276 g/mol. The van der Waals surface area contributed by atoms with Gasteiger partial charge in [-0.2, -0.15) is 0 Å². The lowest BCUT2D eigenvalue weighted by Gasteiger charge is -2.26. The molecule has 3 nitrogen and oxygen atoms in total. The van der Waals surface area contributed by atoms with Crippen LogP contribution in [0.3, 0.4) is 0 Å². The Kier molecular flexibility index (Phi) is 6.34. The van der Waals surface area contributed by atoms with Crippen LogP contribution in [0.5, 0.6) is 5.75 Å². The number of nitrogens with one attached hydrogen (secondary N) is 1. The molecule has 1 aromatic rings. The largest absolute Gasteiger partial charge is 0.492 e. The molecule has 20 heavy (non-hydrogen) atoms. The quantitative estimate of drug-likeness (QED) is 0.828. The number of hydrogen-bond donors (Lipinski definition) is 1. The van der Waals surface area contributed by atoms with Gasteiger partial charge in [0.2, 0.25) is 0 Å². The van der Waals surface area contributed by atoms with E-state index in [-0.39, 0.29) is 0 Å². The van der Waals surface area contributed by atoms with Gasteiger partial charge in [0.15, 0.2) is 0 Å². The zero-order chi connectivity index (χ0) is 14.2. The minimum atomic E-state index is 0.513. The summed E-state index contributed by atoms with van der Waals surface area (Å²) in [6.45, 7) is 9.55. The Morgan fingerprint density at radius 1 is 1.20 bits per heavy atom. The molecular formula is C17H28N2O. The minimum Gasteiger partial charge on any atom is -0.492 e. The smallest absolute Gasteiger partial charge is 0.119 e. The number of hydrogen-bond acceptors (Lipinski definition) is 3. The Morgan fingerprint density at radius 3 is 2.75 bits per heavy atom. The number of ether oxygens (including phenoxy) is 1. The molecule has 0 amide bonds. The second kappa shape index (κ2) is 8.28. The van der Waals surface area contributed by atoms with Crippen molar-refractivity contribution < 1.29 is 4.74 Å². The van der Waals surface area contributed by atoms with Crippen LogP contribution in [0.15, 0.2) is 24.3 Å². The van der Waals surface area contributed by atoms with Crippen LogP contribution in [-0.4, -0.2) is 37.2 Å². The maximum atomic E-state index is 5.89. The third-order valence-electron chi connectivity index (χ3n) is 3.74. The first kappa shape index (κ1) is 15.3. The summed E-state index contributed by atoms with van der Waals surface area (Å²) in [6.07, 6.45) is 4.08. The van der Waals surface area contributed by atoms with Gasteiger partial charge in [0.1, 0.15) is 12.4 Å². The molecule has 1 saturated heterocycles. The molecule has 0 saturated carbocycles. The van der Waals surface area contributed by atoms with Gasteiger partial charge in [0.05, 0.1) is 0 Å². The van der Waals surface area contributed by atoms with Crippen LogP contribution in [0.4, 0.5) is 0 Å². The second-order valence-corrected chi connectivity index (χ2v) is 5.93. The van der Waals surface area contributed by atoms with Gasteiger partial charge in [-0.25, -0.2) is 0 Å². The fourth-order valence-electron chi connectivity index (χ4n) is 2.54. The molecule has 1 aliphatic rings. The first-order valence-electron chi connectivity index (χ1n) is 7.91. The van der Waals surface area contributed by atoms with Gasteiger partial charge in [0.25, 0.3) is 0 Å². The molecule has 0 aliphatic carbocycles. The molecule has 3 heteroatoms. The highest BCUT2D eigenvalue weighted by atomic mass is 16.5. The van der Waals surface area contributed by atoms with Crippen molar-refractivity contribution >= 4 is 0 Å². The molecule has 0 atom stereocenters. The Labute approximate surface area is 123 Å². The van der Waals surface area contributed by atoms with Crippen LogP contribution in [-0.2, 0) is 6.54 Å². The summed E-state index contributed by atoms with van der Waals surface area (Å²) in [5.41, 5.74) is 1.29. The third-order valence-corrected chi connectivity index (χ3v) is 3.74. The number of piperidine rings is 1. The average Bonchev–Trinajstić information content (AvgIpc) is 2.47. The van der Waals surface area contributed by atoms with Crippen LogP contribution < -0.4 is 10.1 Å². The van der Waals surface area contributed by atoms with Crippen LogP contribution in [0.25, 0.3) is 0 Å². The van der Waals surface area contributed by atoms with Crippen LogP contribution in [0, 0.1) is 0 Å². The van der Waals surface area contributed by atoms with Crippen molar-refractivity contribution in [2.24, 2.45) is 0 Å². The van der Waals surface area contributed by atoms with Crippen molar-refractivity contribution in [2.45, 2.75) is 45.7 Å². The van der Waals surface area contributed by atoms with E-state index in [1.807, 2.05) is 0 Å². The van der Waals surface area contributed by atoms with E-state index in [1.54, 1.807) is 0 Å². The molecule has 1 aromatic carbocycles. The highest BCUT2D eigenvalue weighted by Gasteiger charge is 2.09. The van der Waals surface area contributed by atoms with Crippen molar-refractivity contribution in [1.29, 1.82) is 0 Å². The maximum Gasteiger partial charge on any atom is 0.119 e. The van der Waals surface area contributed by atoms with Gasteiger partial charge in [0, 0.05) is 19.1 Å². The predicted octanol–water partition coefficient (Wildman–Crippen LogP) is 3.05. The minimum absolute atomic E-state index is 0.513. The molecule has 112 valence electrons. The molecule has 1 N–H and O–H groups in total. The monoisotopic (exact) mass is 276 g/mol. The molecule has 1 aliphatic heterocycles. The Bertz CT molecular complexity index is 386. The van der Waals surface area contributed by atoms with Gasteiger partial charge < -0.3 is 10.1 Å². The van der Waals surface area contributed by atoms with E-state index in [0.717, 1.165) is 25.4 Å². The van der Waals surface area contributed by atoms with E-state index in [9.17, 15) is 0 Å². The van der Waals surface area contributed by atoms with Crippen molar-refractivity contribution in [1.82, 2.24) is 10.2 Å². The van der Waals surface area contributed by atoms with Gasteiger partial charge in [-0.05, 0) is 43.6 Å². The highest BCUT2D eigenvalue weighted by molar-refractivity contribution is 5.28. The molecule has 0 spiro atoms. The maximum absolute atomic E-state index is 5.89. The van der Waals surface area contributed by atoms with Gasteiger partial charge in [-0.3, -0.25) is 4.90 Å². The number of rotatable bonds is 7. The molecule has 1 fully saturated rings. The molecule has 0 bridgehead atoms. The molecule has 1 heterocycles. The lowest BCUT2D eigenvalue weighted by atomic mass is 10.1. The van der Waals surface area contributed by atoms with Crippen molar-refractivity contribution in [3.8, 4) is 5.75 Å². The number of nitrogens with zero attached hydrogens (tertiary/aromatic N) is 1. The van der Waals surface area contributed by atoms with Crippen LogP contribution in [0.2, 0.25) is 0 Å². The summed E-state index contributed by atoms with van der Waals surface area (Å²) >= 11 is 0. The third kappa shape index (κ3) is 5.51.